The van der Waals surface area contributed by atoms with Gasteiger partial charge in [0, 0.05) is 30.4 Å². The minimum Gasteiger partial charge on any atom is -0.496 e. The smallest absolute Gasteiger partial charge is 0.123 e. The summed E-state index contributed by atoms with van der Waals surface area (Å²) < 4.78 is 7.19. The van der Waals surface area contributed by atoms with E-state index in [0.29, 0.717) is 6.54 Å². The molecular weight excluding hydrogens is 226 g/mol. The molecule has 4 heteroatoms. The maximum atomic E-state index is 5.75. The predicted octanol–water partition coefficient (Wildman–Crippen LogP) is 2.17. The molecule has 4 nitrogen and oxygen atoms in total. The first-order valence-corrected chi connectivity index (χ1v) is 5.96. The fraction of sp³-hybridized carbons (Fsp3) is 0.357. The van der Waals surface area contributed by atoms with Crippen LogP contribution >= 0.6 is 0 Å². The topological polar surface area (TPSA) is 53.1 Å². The molecule has 0 saturated carbocycles. The average molecular weight is 245 g/mol. The molecule has 2 aromatic rings. The van der Waals surface area contributed by atoms with Crippen LogP contribution in [0.25, 0.3) is 11.1 Å². The monoisotopic (exact) mass is 245 g/mol. The molecule has 0 fully saturated rings. The van der Waals surface area contributed by atoms with E-state index in [0.717, 1.165) is 28.3 Å². The van der Waals surface area contributed by atoms with Crippen LogP contribution in [0.3, 0.4) is 0 Å². The fourth-order valence-corrected chi connectivity index (χ4v) is 2.28. The number of aryl methyl sites for hydroxylation is 2. The van der Waals surface area contributed by atoms with Crippen molar-refractivity contribution in [1.82, 2.24) is 9.78 Å². The molecule has 2 rings (SSSR count). The molecule has 0 atom stereocenters. The number of hydrogen-bond acceptors (Lipinski definition) is 3. The molecule has 96 valence electrons. The molecule has 18 heavy (non-hydrogen) atoms. The minimum atomic E-state index is 0.468. The molecule has 0 unspecified atom stereocenters. The zero-order valence-corrected chi connectivity index (χ0v) is 11.3. The van der Waals surface area contributed by atoms with Crippen molar-refractivity contribution < 1.29 is 4.74 Å². The molecule has 0 radical (unpaired) electrons. The van der Waals surface area contributed by atoms with E-state index in [4.69, 9.17) is 10.5 Å². The summed E-state index contributed by atoms with van der Waals surface area (Å²) >= 11 is 0. The first-order valence-electron chi connectivity index (χ1n) is 5.96. The van der Waals surface area contributed by atoms with Gasteiger partial charge >= 0.3 is 0 Å². The fourth-order valence-electron chi connectivity index (χ4n) is 2.28. The van der Waals surface area contributed by atoms with Gasteiger partial charge in [-0.2, -0.15) is 5.10 Å². The second-order valence-electron chi connectivity index (χ2n) is 4.40. The van der Waals surface area contributed by atoms with Gasteiger partial charge in [-0.25, -0.2) is 0 Å². The molecule has 2 N–H and O–H groups in total. The van der Waals surface area contributed by atoms with Crippen LogP contribution in [0.5, 0.6) is 5.75 Å². The Hall–Kier alpha value is -1.81. The van der Waals surface area contributed by atoms with Crippen molar-refractivity contribution in [1.29, 1.82) is 0 Å². The second kappa shape index (κ2) is 4.82. The molecule has 0 aliphatic heterocycles. The molecule has 0 saturated heterocycles. The number of nitrogens with zero attached hydrogens (tertiary/aromatic N) is 2. The largest absolute Gasteiger partial charge is 0.496 e. The molecule has 0 amide bonds. The maximum absolute atomic E-state index is 5.75. The first kappa shape index (κ1) is 12.6. The summed E-state index contributed by atoms with van der Waals surface area (Å²) in [5.41, 5.74) is 11.3. The highest BCUT2D eigenvalue weighted by Gasteiger charge is 2.13. The summed E-state index contributed by atoms with van der Waals surface area (Å²) in [6, 6.07) is 6.09. The lowest BCUT2D eigenvalue weighted by Gasteiger charge is -2.09. The van der Waals surface area contributed by atoms with Crippen molar-refractivity contribution in [2.24, 2.45) is 12.8 Å². The van der Waals surface area contributed by atoms with Crippen LogP contribution in [-0.4, -0.2) is 16.9 Å². The Kier molecular flexibility index (Phi) is 3.39. The number of benzene rings is 1. The number of aromatic nitrogens is 2. The van der Waals surface area contributed by atoms with Gasteiger partial charge in [-0.3, -0.25) is 4.68 Å². The standard InChI is InChI=1S/C14H19N3O/c1-9-14(10(2)17(3)16-9)11-5-6-13(18-4)12(7-11)8-15/h5-7H,8,15H2,1-4H3. The summed E-state index contributed by atoms with van der Waals surface area (Å²) in [6.07, 6.45) is 0. The van der Waals surface area contributed by atoms with Crippen molar-refractivity contribution in [3.8, 4) is 16.9 Å². The van der Waals surface area contributed by atoms with Crippen LogP contribution in [0.2, 0.25) is 0 Å². The van der Waals surface area contributed by atoms with Crippen LogP contribution in [0.15, 0.2) is 18.2 Å². The number of ether oxygens (including phenoxy) is 1. The third kappa shape index (κ3) is 1.99. The van der Waals surface area contributed by atoms with E-state index in [1.807, 2.05) is 24.7 Å². The lowest BCUT2D eigenvalue weighted by Crippen LogP contribution is -2.00. The van der Waals surface area contributed by atoms with Crippen molar-refractivity contribution >= 4 is 0 Å². The normalized spacial score (nSPS) is 10.7. The summed E-state index contributed by atoms with van der Waals surface area (Å²) in [4.78, 5) is 0. The first-order chi connectivity index (χ1) is 8.58. The van der Waals surface area contributed by atoms with Gasteiger partial charge in [0.2, 0.25) is 0 Å². The lowest BCUT2D eigenvalue weighted by atomic mass is 10.0. The van der Waals surface area contributed by atoms with Gasteiger partial charge in [-0.05, 0) is 31.5 Å². The van der Waals surface area contributed by atoms with Crippen molar-refractivity contribution in [3.05, 3.63) is 35.2 Å². The summed E-state index contributed by atoms with van der Waals surface area (Å²) in [5, 5.41) is 4.44. The molecule has 0 aliphatic rings. The van der Waals surface area contributed by atoms with Gasteiger partial charge in [0.25, 0.3) is 0 Å². The highest BCUT2D eigenvalue weighted by Crippen LogP contribution is 2.30. The van der Waals surface area contributed by atoms with Crippen LogP contribution < -0.4 is 10.5 Å². The number of hydrogen-bond donors (Lipinski definition) is 1. The Morgan fingerprint density at radius 1 is 1.33 bits per heavy atom. The Balaban J connectivity index is 2.58. The van der Waals surface area contributed by atoms with Crippen LogP contribution in [-0.2, 0) is 13.6 Å². The van der Waals surface area contributed by atoms with Crippen LogP contribution in [0.1, 0.15) is 17.0 Å². The van der Waals surface area contributed by atoms with E-state index < -0.39 is 0 Å². The third-order valence-electron chi connectivity index (χ3n) is 3.30. The zero-order chi connectivity index (χ0) is 13.3. The molecule has 0 spiro atoms. The number of methoxy groups -OCH3 is 1. The molecule has 1 aromatic heterocycles. The Morgan fingerprint density at radius 2 is 2.06 bits per heavy atom. The molecule has 0 bridgehead atoms. The Bertz CT molecular complexity index is 573. The summed E-state index contributed by atoms with van der Waals surface area (Å²) in [5.74, 6) is 0.834. The predicted molar refractivity (Wildman–Crippen MR) is 72.6 cm³/mol. The molecular formula is C14H19N3O. The zero-order valence-electron chi connectivity index (χ0n) is 11.3. The molecule has 1 aromatic carbocycles. The number of nitrogens with two attached hydrogens (primary N) is 1. The van der Waals surface area contributed by atoms with E-state index in [1.54, 1.807) is 7.11 Å². The van der Waals surface area contributed by atoms with Crippen LogP contribution in [0.4, 0.5) is 0 Å². The maximum Gasteiger partial charge on any atom is 0.123 e. The van der Waals surface area contributed by atoms with E-state index in [-0.39, 0.29) is 0 Å². The average Bonchev–Trinajstić information content (AvgIpc) is 2.62. The van der Waals surface area contributed by atoms with Crippen molar-refractivity contribution in [2.45, 2.75) is 20.4 Å². The van der Waals surface area contributed by atoms with Gasteiger partial charge in [0.15, 0.2) is 0 Å². The van der Waals surface area contributed by atoms with Gasteiger partial charge in [0.1, 0.15) is 5.75 Å². The highest BCUT2D eigenvalue weighted by atomic mass is 16.5. The SMILES string of the molecule is COc1ccc(-c2c(C)nn(C)c2C)cc1CN. The van der Waals surface area contributed by atoms with Crippen molar-refractivity contribution in [3.63, 3.8) is 0 Å². The van der Waals surface area contributed by atoms with E-state index in [2.05, 4.69) is 24.2 Å². The molecule has 0 aliphatic carbocycles. The second-order valence-corrected chi connectivity index (χ2v) is 4.40. The third-order valence-corrected chi connectivity index (χ3v) is 3.30. The Morgan fingerprint density at radius 3 is 2.56 bits per heavy atom. The number of rotatable bonds is 3. The van der Waals surface area contributed by atoms with Gasteiger partial charge in [0.05, 0.1) is 12.8 Å². The highest BCUT2D eigenvalue weighted by molar-refractivity contribution is 5.70. The molecule has 1 heterocycles. The van der Waals surface area contributed by atoms with E-state index >= 15 is 0 Å². The van der Waals surface area contributed by atoms with E-state index in [1.165, 1.54) is 5.56 Å². The van der Waals surface area contributed by atoms with E-state index in [9.17, 15) is 0 Å². The summed E-state index contributed by atoms with van der Waals surface area (Å²) in [6.45, 7) is 4.56. The van der Waals surface area contributed by atoms with Crippen LogP contribution in [0, 0.1) is 13.8 Å². The van der Waals surface area contributed by atoms with Gasteiger partial charge in [-0.15, -0.1) is 0 Å². The van der Waals surface area contributed by atoms with Gasteiger partial charge < -0.3 is 10.5 Å². The van der Waals surface area contributed by atoms with Crippen molar-refractivity contribution in [2.75, 3.05) is 7.11 Å². The Labute approximate surface area is 107 Å². The summed E-state index contributed by atoms with van der Waals surface area (Å²) in [7, 11) is 3.62. The van der Waals surface area contributed by atoms with Gasteiger partial charge in [-0.1, -0.05) is 6.07 Å². The quantitative estimate of drug-likeness (QED) is 0.901. The minimum absolute atomic E-state index is 0.468. The lowest BCUT2D eigenvalue weighted by molar-refractivity contribution is 0.410.